The SMILES string of the molecule is CC(Nc1c(Cl)cccc1C(F)(F)F)c1ccc(Br)cc1. The molecule has 1 unspecified atom stereocenters. The first-order valence-corrected chi connectivity index (χ1v) is 7.34. The highest BCUT2D eigenvalue weighted by atomic mass is 79.9. The summed E-state index contributed by atoms with van der Waals surface area (Å²) in [4.78, 5) is 0. The fourth-order valence-electron chi connectivity index (χ4n) is 1.96. The topological polar surface area (TPSA) is 12.0 Å². The first kappa shape index (κ1) is 16.2. The minimum Gasteiger partial charge on any atom is -0.377 e. The third-order valence-corrected chi connectivity index (χ3v) is 3.89. The highest BCUT2D eigenvalue weighted by molar-refractivity contribution is 9.10. The van der Waals surface area contributed by atoms with Gasteiger partial charge in [-0.25, -0.2) is 0 Å². The Labute approximate surface area is 134 Å². The van der Waals surface area contributed by atoms with Gasteiger partial charge in [0.1, 0.15) is 0 Å². The Bertz CT molecular complexity index is 626. The number of nitrogens with one attached hydrogen (secondary N) is 1. The van der Waals surface area contributed by atoms with Gasteiger partial charge in [0, 0.05) is 10.5 Å². The van der Waals surface area contributed by atoms with E-state index in [1.165, 1.54) is 12.1 Å². The molecule has 1 nitrogen and oxygen atoms in total. The Morgan fingerprint density at radius 2 is 1.71 bits per heavy atom. The summed E-state index contributed by atoms with van der Waals surface area (Å²) in [6.45, 7) is 1.78. The van der Waals surface area contributed by atoms with Gasteiger partial charge in [-0.2, -0.15) is 13.2 Å². The van der Waals surface area contributed by atoms with Crippen LogP contribution in [0.4, 0.5) is 18.9 Å². The number of benzene rings is 2. The molecule has 0 aromatic heterocycles. The van der Waals surface area contributed by atoms with Gasteiger partial charge in [0.2, 0.25) is 0 Å². The second kappa shape index (κ2) is 6.28. The molecule has 0 aliphatic rings. The summed E-state index contributed by atoms with van der Waals surface area (Å²) >= 11 is 9.24. The predicted molar refractivity (Wildman–Crippen MR) is 82.6 cm³/mol. The highest BCUT2D eigenvalue weighted by Crippen LogP contribution is 2.39. The number of hydrogen-bond acceptors (Lipinski definition) is 1. The van der Waals surface area contributed by atoms with E-state index in [2.05, 4.69) is 21.2 Å². The number of hydrogen-bond donors (Lipinski definition) is 1. The molecule has 1 atom stereocenters. The number of halogens is 5. The van der Waals surface area contributed by atoms with Gasteiger partial charge >= 0.3 is 6.18 Å². The Morgan fingerprint density at radius 3 is 2.29 bits per heavy atom. The lowest BCUT2D eigenvalue weighted by atomic mass is 10.1. The van der Waals surface area contributed by atoms with Crippen LogP contribution in [0.5, 0.6) is 0 Å². The van der Waals surface area contributed by atoms with Crippen LogP contribution in [-0.2, 0) is 6.18 Å². The summed E-state index contributed by atoms with van der Waals surface area (Å²) in [5, 5.41) is 2.90. The third-order valence-electron chi connectivity index (χ3n) is 3.05. The Kier molecular flexibility index (Phi) is 4.84. The molecule has 0 saturated carbocycles. The molecule has 1 N–H and O–H groups in total. The van der Waals surface area contributed by atoms with E-state index in [-0.39, 0.29) is 16.8 Å². The van der Waals surface area contributed by atoms with E-state index in [9.17, 15) is 13.2 Å². The van der Waals surface area contributed by atoms with E-state index in [0.29, 0.717) is 0 Å². The molecule has 112 valence electrons. The Hall–Kier alpha value is -1.20. The lowest BCUT2D eigenvalue weighted by Crippen LogP contribution is -2.14. The monoisotopic (exact) mass is 377 g/mol. The van der Waals surface area contributed by atoms with Gasteiger partial charge in [0.25, 0.3) is 0 Å². The van der Waals surface area contributed by atoms with Crippen molar-refractivity contribution in [3.8, 4) is 0 Å². The van der Waals surface area contributed by atoms with Crippen LogP contribution in [0.2, 0.25) is 5.02 Å². The molecule has 0 aliphatic carbocycles. The van der Waals surface area contributed by atoms with Crippen LogP contribution in [0.25, 0.3) is 0 Å². The molecule has 0 amide bonds. The van der Waals surface area contributed by atoms with Crippen molar-refractivity contribution < 1.29 is 13.2 Å². The smallest absolute Gasteiger partial charge is 0.377 e. The van der Waals surface area contributed by atoms with Crippen molar-refractivity contribution in [1.29, 1.82) is 0 Å². The zero-order valence-corrected chi connectivity index (χ0v) is 13.4. The molecule has 0 aliphatic heterocycles. The normalized spacial score (nSPS) is 13.0. The van der Waals surface area contributed by atoms with Crippen molar-refractivity contribution in [2.24, 2.45) is 0 Å². The minimum absolute atomic E-state index is 0.0498. The average molecular weight is 379 g/mol. The van der Waals surface area contributed by atoms with Crippen LogP contribution >= 0.6 is 27.5 Å². The van der Waals surface area contributed by atoms with Crippen LogP contribution in [0.1, 0.15) is 24.1 Å². The van der Waals surface area contributed by atoms with Gasteiger partial charge in [-0.15, -0.1) is 0 Å². The lowest BCUT2D eigenvalue weighted by Gasteiger charge is -2.21. The molecular weight excluding hydrogens is 367 g/mol. The quantitative estimate of drug-likeness (QED) is 0.661. The van der Waals surface area contributed by atoms with Crippen molar-refractivity contribution in [2.75, 3.05) is 5.32 Å². The fourth-order valence-corrected chi connectivity index (χ4v) is 2.45. The molecule has 0 heterocycles. The van der Waals surface area contributed by atoms with E-state index in [4.69, 9.17) is 11.6 Å². The molecule has 6 heteroatoms. The fraction of sp³-hybridized carbons (Fsp3) is 0.200. The first-order chi connectivity index (χ1) is 9.79. The molecule has 21 heavy (non-hydrogen) atoms. The molecule has 2 rings (SSSR count). The highest BCUT2D eigenvalue weighted by Gasteiger charge is 2.34. The van der Waals surface area contributed by atoms with Crippen molar-refractivity contribution in [1.82, 2.24) is 0 Å². The maximum absolute atomic E-state index is 13.0. The minimum atomic E-state index is -4.45. The van der Waals surface area contributed by atoms with Gasteiger partial charge in [-0.05, 0) is 36.8 Å². The Balaban J connectivity index is 2.33. The van der Waals surface area contributed by atoms with E-state index in [1.807, 2.05) is 24.3 Å². The lowest BCUT2D eigenvalue weighted by molar-refractivity contribution is -0.137. The van der Waals surface area contributed by atoms with E-state index in [0.717, 1.165) is 16.1 Å². The summed E-state index contributed by atoms with van der Waals surface area (Å²) < 4.78 is 40.0. The van der Waals surface area contributed by atoms with Crippen molar-refractivity contribution in [2.45, 2.75) is 19.1 Å². The average Bonchev–Trinajstić information content (AvgIpc) is 2.40. The van der Waals surface area contributed by atoms with Crippen LogP contribution in [-0.4, -0.2) is 0 Å². The van der Waals surface area contributed by atoms with Gasteiger partial charge in [0.15, 0.2) is 0 Å². The molecule has 0 radical (unpaired) electrons. The summed E-state index contributed by atoms with van der Waals surface area (Å²) in [7, 11) is 0. The van der Waals surface area contributed by atoms with Gasteiger partial charge in [0.05, 0.1) is 16.3 Å². The second-order valence-corrected chi connectivity index (χ2v) is 5.90. The standard InChI is InChI=1S/C15H12BrClF3N/c1-9(10-5-7-11(16)8-6-10)21-14-12(15(18,19)20)3-2-4-13(14)17/h2-9,21H,1H3. The Morgan fingerprint density at radius 1 is 1.10 bits per heavy atom. The molecule has 2 aromatic rings. The van der Waals surface area contributed by atoms with Crippen LogP contribution < -0.4 is 5.32 Å². The molecule has 2 aromatic carbocycles. The van der Waals surface area contributed by atoms with E-state index >= 15 is 0 Å². The second-order valence-electron chi connectivity index (χ2n) is 4.58. The van der Waals surface area contributed by atoms with Crippen molar-refractivity contribution in [3.63, 3.8) is 0 Å². The number of anilines is 1. The van der Waals surface area contributed by atoms with Crippen molar-refractivity contribution >= 4 is 33.2 Å². The molecule has 0 fully saturated rings. The maximum atomic E-state index is 13.0. The summed E-state index contributed by atoms with van der Waals surface area (Å²) in [5.74, 6) is 0. The van der Waals surface area contributed by atoms with E-state index < -0.39 is 11.7 Å². The zero-order valence-electron chi connectivity index (χ0n) is 11.0. The first-order valence-electron chi connectivity index (χ1n) is 6.16. The van der Waals surface area contributed by atoms with Crippen molar-refractivity contribution in [3.05, 3.63) is 63.1 Å². The zero-order chi connectivity index (χ0) is 15.6. The molecule has 0 spiro atoms. The van der Waals surface area contributed by atoms with Gasteiger partial charge in [-0.1, -0.05) is 45.7 Å². The van der Waals surface area contributed by atoms with Crippen LogP contribution in [0, 0.1) is 0 Å². The number of rotatable bonds is 3. The number of alkyl halides is 3. The van der Waals surface area contributed by atoms with Gasteiger partial charge < -0.3 is 5.32 Å². The predicted octanol–water partition coefficient (Wildman–Crippen LogP) is 6.29. The molecular formula is C15H12BrClF3N. The molecule has 0 bridgehead atoms. The third kappa shape index (κ3) is 3.92. The van der Waals surface area contributed by atoms with Crippen LogP contribution in [0.15, 0.2) is 46.9 Å². The van der Waals surface area contributed by atoms with E-state index in [1.54, 1.807) is 6.92 Å². The van der Waals surface area contributed by atoms with Crippen LogP contribution in [0.3, 0.4) is 0 Å². The summed E-state index contributed by atoms with van der Waals surface area (Å²) in [6.07, 6.45) is -4.45. The maximum Gasteiger partial charge on any atom is 0.418 e. The van der Waals surface area contributed by atoms with Gasteiger partial charge in [-0.3, -0.25) is 0 Å². The summed E-state index contributed by atoms with van der Waals surface area (Å²) in [6, 6.07) is 10.8. The largest absolute Gasteiger partial charge is 0.418 e. The summed E-state index contributed by atoms with van der Waals surface area (Å²) in [5.41, 5.74) is 0.00675. The number of para-hydroxylation sites is 1. The molecule has 0 saturated heterocycles.